The zero-order valence-electron chi connectivity index (χ0n) is 12.9. The summed E-state index contributed by atoms with van der Waals surface area (Å²) >= 11 is 0. The quantitative estimate of drug-likeness (QED) is 0.291. The molecule has 0 aliphatic carbocycles. The minimum absolute atomic E-state index is 0.145. The van der Waals surface area contributed by atoms with Crippen LogP contribution >= 0.6 is 0 Å². The molecule has 0 fully saturated rings. The van der Waals surface area contributed by atoms with Gasteiger partial charge in [-0.1, -0.05) is 35.5 Å². The lowest BCUT2D eigenvalue weighted by atomic mass is 10.2. The van der Waals surface area contributed by atoms with E-state index in [2.05, 4.69) is 32.9 Å². The second-order valence-corrected chi connectivity index (χ2v) is 5.09. The summed E-state index contributed by atoms with van der Waals surface area (Å²) in [6.45, 7) is 2.54. The van der Waals surface area contributed by atoms with Gasteiger partial charge in [0.05, 0.1) is 24.0 Å². The number of amides is 1. The van der Waals surface area contributed by atoms with Crippen LogP contribution in [-0.2, 0) is 6.54 Å². The topological polar surface area (TPSA) is 91.2 Å². The average molecular weight is 313 g/mol. The van der Waals surface area contributed by atoms with Crippen LogP contribution in [0.3, 0.4) is 0 Å². The Kier molecular flexibility index (Phi) is 6.74. The Morgan fingerprint density at radius 2 is 2.09 bits per heavy atom. The molecule has 1 aromatic carbocycles. The van der Waals surface area contributed by atoms with Gasteiger partial charge < -0.3 is 15.8 Å². The van der Waals surface area contributed by atoms with Crippen LogP contribution in [0.25, 0.3) is 0 Å². The number of nitrogens with one attached hydrogen (secondary N) is 1. The van der Waals surface area contributed by atoms with E-state index in [0.29, 0.717) is 17.8 Å². The molecule has 0 saturated heterocycles. The first-order valence-electron chi connectivity index (χ1n) is 7.57. The Labute approximate surface area is 135 Å². The van der Waals surface area contributed by atoms with Gasteiger partial charge in [-0.15, -0.1) is 0 Å². The van der Waals surface area contributed by atoms with E-state index in [9.17, 15) is 4.79 Å². The van der Waals surface area contributed by atoms with Crippen LogP contribution in [0.1, 0.15) is 28.0 Å². The SMILES string of the molecule is O=C(NCCC[NH2+]Cc1ccccc1)c1ccc(/C=N/O)nc1. The molecular weight excluding hydrogens is 292 g/mol. The van der Waals surface area contributed by atoms with Gasteiger partial charge in [0.15, 0.2) is 0 Å². The molecule has 6 nitrogen and oxygen atoms in total. The van der Waals surface area contributed by atoms with Gasteiger partial charge in [-0.05, 0) is 12.1 Å². The number of oxime groups is 1. The number of rotatable bonds is 8. The minimum atomic E-state index is -0.145. The molecule has 0 unspecified atom stereocenters. The third kappa shape index (κ3) is 5.88. The number of pyridine rings is 1. The minimum Gasteiger partial charge on any atom is -0.411 e. The van der Waals surface area contributed by atoms with Gasteiger partial charge in [0.1, 0.15) is 6.54 Å². The number of quaternary nitrogens is 1. The van der Waals surface area contributed by atoms with Crippen molar-refractivity contribution in [3.05, 3.63) is 65.5 Å². The highest BCUT2D eigenvalue weighted by molar-refractivity contribution is 5.94. The number of nitrogens with zero attached hydrogens (tertiary/aromatic N) is 2. The zero-order valence-corrected chi connectivity index (χ0v) is 12.9. The summed E-state index contributed by atoms with van der Waals surface area (Å²) in [5.74, 6) is -0.145. The fourth-order valence-corrected chi connectivity index (χ4v) is 2.11. The zero-order chi connectivity index (χ0) is 16.3. The third-order valence-corrected chi connectivity index (χ3v) is 3.33. The van der Waals surface area contributed by atoms with Crippen LogP contribution in [0, 0.1) is 0 Å². The number of hydrogen-bond donors (Lipinski definition) is 3. The van der Waals surface area contributed by atoms with Crippen LogP contribution in [0.2, 0.25) is 0 Å². The van der Waals surface area contributed by atoms with Crippen molar-refractivity contribution in [1.29, 1.82) is 0 Å². The van der Waals surface area contributed by atoms with Crippen LogP contribution in [0.15, 0.2) is 53.8 Å². The second-order valence-electron chi connectivity index (χ2n) is 5.09. The van der Waals surface area contributed by atoms with E-state index >= 15 is 0 Å². The Bertz CT molecular complexity index is 627. The maximum Gasteiger partial charge on any atom is 0.252 e. The molecule has 0 spiro atoms. The number of carbonyl (C=O) groups is 1. The van der Waals surface area contributed by atoms with Crippen LogP contribution in [0.5, 0.6) is 0 Å². The van der Waals surface area contributed by atoms with Gasteiger partial charge in [-0.2, -0.15) is 0 Å². The number of carbonyl (C=O) groups excluding carboxylic acids is 1. The van der Waals surface area contributed by atoms with Gasteiger partial charge in [-0.3, -0.25) is 9.78 Å². The maximum absolute atomic E-state index is 11.9. The van der Waals surface area contributed by atoms with Crippen molar-refractivity contribution in [2.45, 2.75) is 13.0 Å². The maximum atomic E-state index is 11.9. The normalized spacial score (nSPS) is 10.8. The number of hydrogen-bond acceptors (Lipinski definition) is 4. The van der Waals surface area contributed by atoms with Gasteiger partial charge in [0.2, 0.25) is 0 Å². The fourth-order valence-electron chi connectivity index (χ4n) is 2.11. The van der Waals surface area contributed by atoms with E-state index in [1.54, 1.807) is 12.1 Å². The number of benzene rings is 1. The first-order valence-corrected chi connectivity index (χ1v) is 7.57. The van der Waals surface area contributed by atoms with Gasteiger partial charge in [0, 0.05) is 24.7 Å². The molecule has 0 saturated carbocycles. The molecule has 0 bridgehead atoms. The molecule has 2 rings (SSSR count). The van der Waals surface area contributed by atoms with E-state index in [-0.39, 0.29) is 5.91 Å². The fraction of sp³-hybridized carbons (Fsp3) is 0.235. The highest BCUT2D eigenvalue weighted by Gasteiger charge is 2.05. The van der Waals surface area contributed by atoms with Crippen molar-refractivity contribution in [3.8, 4) is 0 Å². The van der Waals surface area contributed by atoms with E-state index in [4.69, 9.17) is 5.21 Å². The molecule has 0 radical (unpaired) electrons. The molecule has 6 heteroatoms. The Balaban J connectivity index is 1.63. The summed E-state index contributed by atoms with van der Waals surface area (Å²) in [4.78, 5) is 15.9. The van der Waals surface area contributed by atoms with Crippen molar-refractivity contribution in [3.63, 3.8) is 0 Å². The molecule has 1 heterocycles. The van der Waals surface area contributed by atoms with Crippen molar-refractivity contribution in [1.82, 2.24) is 10.3 Å². The van der Waals surface area contributed by atoms with Gasteiger partial charge >= 0.3 is 0 Å². The monoisotopic (exact) mass is 313 g/mol. The smallest absolute Gasteiger partial charge is 0.252 e. The molecule has 23 heavy (non-hydrogen) atoms. The first-order chi connectivity index (χ1) is 11.3. The summed E-state index contributed by atoms with van der Waals surface area (Å²) in [6, 6.07) is 13.6. The largest absolute Gasteiger partial charge is 0.411 e. The van der Waals surface area contributed by atoms with E-state index in [0.717, 1.165) is 19.5 Å². The molecule has 0 aliphatic heterocycles. The molecule has 120 valence electrons. The molecule has 1 aromatic heterocycles. The molecular formula is C17H21N4O2+. The Hall–Kier alpha value is -2.73. The van der Waals surface area contributed by atoms with E-state index in [1.807, 2.05) is 18.2 Å². The molecule has 0 atom stereocenters. The predicted molar refractivity (Wildman–Crippen MR) is 87.5 cm³/mol. The van der Waals surface area contributed by atoms with Gasteiger partial charge in [0.25, 0.3) is 5.91 Å². The summed E-state index contributed by atoms with van der Waals surface area (Å²) in [5, 5.41) is 16.4. The van der Waals surface area contributed by atoms with E-state index in [1.165, 1.54) is 18.0 Å². The average Bonchev–Trinajstić information content (AvgIpc) is 2.59. The molecule has 1 amide bonds. The standard InChI is InChI=1S/C17H20N4O2/c22-17(15-7-8-16(13-21-23)20-12-15)19-10-4-9-18-11-14-5-2-1-3-6-14/h1-3,5-8,12-13,18,23H,4,9-11H2,(H,19,22)/p+1/b21-13+. The van der Waals surface area contributed by atoms with Crippen molar-refractivity contribution < 1.29 is 15.3 Å². The summed E-state index contributed by atoms with van der Waals surface area (Å²) in [5.41, 5.74) is 2.29. The summed E-state index contributed by atoms with van der Waals surface area (Å²) in [7, 11) is 0. The highest BCUT2D eigenvalue weighted by Crippen LogP contribution is 1.98. The van der Waals surface area contributed by atoms with Crippen LogP contribution < -0.4 is 10.6 Å². The number of aromatic nitrogens is 1. The Morgan fingerprint density at radius 3 is 2.78 bits per heavy atom. The third-order valence-electron chi connectivity index (χ3n) is 3.33. The summed E-state index contributed by atoms with van der Waals surface area (Å²) in [6.07, 6.45) is 3.58. The lowest BCUT2D eigenvalue weighted by Gasteiger charge is -2.05. The van der Waals surface area contributed by atoms with E-state index < -0.39 is 0 Å². The number of nitrogens with two attached hydrogens (primary N) is 1. The van der Waals surface area contributed by atoms with Gasteiger partial charge in [-0.25, -0.2) is 0 Å². The first kappa shape index (κ1) is 16.6. The second kappa shape index (κ2) is 9.32. The van der Waals surface area contributed by atoms with Crippen molar-refractivity contribution in [2.75, 3.05) is 13.1 Å². The highest BCUT2D eigenvalue weighted by atomic mass is 16.4. The van der Waals surface area contributed by atoms with Crippen molar-refractivity contribution >= 4 is 12.1 Å². The lowest BCUT2D eigenvalue weighted by Crippen LogP contribution is -2.82. The molecule has 0 aliphatic rings. The van der Waals surface area contributed by atoms with Crippen LogP contribution in [-0.4, -0.2) is 35.4 Å². The molecule has 4 N–H and O–H groups in total. The summed E-state index contributed by atoms with van der Waals surface area (Å²) < 4.78 is 0. The Morgan fingerprint density at radius 1 is 1.26 bits per heavy atom. The lowest BCUT2D eigenvalue weighted by molar-refractivity contribution is -0.670. The van der Waals surface area contributed by atoms with Crippen molar-refractivity contribution in [2.24, 2.45) is 5.16 Å². The molecule has 2 aromatic rings. The van der Waals surface area contributed by atoms with Crippen LogP contribution in [0.4, 0.5) is 0 Å². The predicted octanol–water partition coefficient (Wildman–Crippen LogP) is 0.773.